The number of hydrogen-bond acceptors (Lipinski definition) is 1. The summed E-state index contributed by atoms with van der Waals surface area (Å²) >= 11 is 0. The Kier molecular flexibility index (Phi) is 9.44. The third-order valence-corrected chi connectivity index (χ3v) is 7.69. The van der Waals surface area contributed by atoms with Crippen LogP contribution in [0.4, 0.5) is 4.39 Å². The number of nitriles is 1. The Labute approximate surface area is 183 Å². The summed E-state index contributed by atoms with van der Waals surface area (Å²) in [6.07, 6.45) is 19.6. The summed E-state index contributed by atoms with van der Waals surface area (Å²) in [7, 11) is 0. The normalized spacial score (nSPS) is 27.6. The monoisotopic (exact) mass is 409 g/mol. The minimum atomic E-state index is -0.596. The first-order chi connectivity index (χ1) is 14.7. The first kappa shape index (κ1) is 23.1. The summed E-state index contributed by atoms with van der Waals surface area (Å²) in [6, 6.07) is 11.1. The van der Waals surface area contributed by atoms with E-state index in [2.05, 4.69) is 31.2 Å². The van der Waals surface area contributed by atoms with Gasteiger partial charge in [-0.25, -0.2) is 0 Å². The van der Waals surface area contributed by atoms with Gasteiger partial charge < -0.3 is 0 Å². The Morgan fingerprint density at radius 1 is 0.933 bits per heavy atom. The highest BCUT2D eigenvalue weighted by molar-refractivity contribution is 5.25. The van der Waals surface area contributed by atoms with E-state index in [0.717, 1.165) is 30.6 Å². The molecule has 0 amide bonds. The van der Waals surface area contributed by atoms with Crippen LogP contribution in [0.25, 0.3) is 0 Å². The molecule has 1 aromatic carbocycles. The lowest BCUT2D eigenvalue weighted by Crippen LogP contribution is -2.14. The quantitative estimate of drug-likeness (QED) is 0.296. The largest absolute Gasteiger partial charge is 0.196 e. The van der Waals surface area contributed by atoms with Crippen LogP contribution in [-0.4, -0.2) is 0 Å². The molecule has 0 N–H and O–H groups in total. The van der Waals surface area contributed by atoms with Gasteiger partial charge in [0.1, 0.15) is 6.07 Å². The highest BCUT2D eigenvalue weighted by Gasteiger charge is 2.23. The lowest BCUT2D eigenvalue weighted by Gasteiger charge is -2.29. The topological polar surface area (TPSA) is 23.8 Å². The van der Waals surface area contributed by atoms with Gasteiger partial charge in [-0.1, -0.05) is 63.3 Å². The van der Waals surface area contributed by atoms with Crippen LogP contribution < -0.4 is 0 Å². The number of hydrogen-bond donors (Lipinski definition) is 0. The number of benzene rings is 1. The van der Waals surface area contributed by atoms with Gasteiger partial charge in [-0.15, -0.1) is 0 Å². The summed E-state index contributed by atoms with van der Waals surface area (Å²) in [6.45, 7) is 2.25. The molecule has 0 radical (unpaired) electrons. The van der Waals surface area contributed by atoms with Crippen molar-refractivity contribution >= 4 is 0 Å². The molecule has 0 unspecified atom stereocenters. The second-order valence-electron chi connectivity index (χ2n) is 9.90. The number of nitrogens with zero attached hydrogens (tertiary/aromatic N) is 1. The zero-order valence-corrected chi connectivity index (χ0v) is 18.9. The summed E-state index contributed by atoms with van der Waals surface area (Å²) in [5, 5.41) is 8.58. The molecule has 0 saturated heterocycles. The number of unbranched alkanes of at least 4 members (excludes halogenated alkanes) is 1. The van der Waals surface area contributed by atoms with Gasteiger partial charge in [0.2, 0.25) is 0 Å². The lowest BCUT2D eigenvalue weighted by molar-refractivity contribution is 0.272. The Morgan fingerprint density at radius 3 is 2.03 bits per heavy atom. The van der Waals surface area contributed by atoms with E-state index in [9.17, 15) is 4.39 Å². The maximum Gasteiger partial charge on any atom is 0.196 e. The second-order valence-corrected chi connectivity index (χ2v) is 9.90. The van der Waals surface area contributed by atoms with Crippen molar-refractivity contribution in [2.75, 3.05) is 0 Å². The molecule has 164 valence electrons. The van der Waals surface area contributed by atoms with E-state index in [1.54, 1.807) is 17.7 Å². The molecule has 2 aliphatic rings. The molecule has 2 heteroatoms. The van der Waals surface area contributed by atoms with Crippen molar-refractivity contribution in [3.63, 3.8) is 0 Å². The summed E-state index contributed by atoms with van der Waals surface area (Å²) in [5.41, 5.74) is 3.04. The third kappa shape index (κ3) is 7.26. The average molecular weight is 410 g/mol. The van der Waals surface area contributed by atoms with Gasteiger partial charge in [0.25, 0.3) is 0 Å². The van der Waals surface area contributed by atoms with Crippen LogP contribution >= 0.6 is 0 Å². The molecule has 0 spiro atoms. The minimum Gasteiger partial charge on any atom is -0.195 e. The second kappa shape index (κ2) is 12.3. The van der Waals surface area contributed by atoms with E-state index in [4.69, 9.17) is 5.26 Å². The van der Waals surface area contributed by atoms with Crippen molar-refractivity contribution in [2.45, 2.75) is 103 Å². The van der Waals surface area contributed by atoms with E-state index in [1.165, 1.54) is 82.6 Å². The van der Waals surface area contributed by atoms with Crippen molar-refractivity contribution in [1.29, 1.82) is 5.26 Å². The molecule has 0 bridgehead atoms. The maximum atomic E-state index is 13.1. The van der Waals surface area contributed by atoms with Crippen molar-refractivity contribution < 1.29 is 4.39 Å². The van der Waals surface area contributed by atoms with Gasteiger partial charge in [0.05, 0.1) is 0 Å². The van der Waals surface area contributed by atoms with Crippen LogP contribution in [0, 0.1) is 29.1 Å². The van der Waals surface area contributed by atoms with Crippen LogP contribution in [0.1, 0.15) is 107 Å². The van der Waals surface area contributed by atoms with Crippen LogP contribution in [0.2, 0.25) is 0 Å². The molecule has 1 nitrogen and oxygen atoms in total. The van der Waals surface area contributed by atoms with Crippen LogP contribution in [0.3, 0.4) is 0 Å². The molecule has 2 aliphatic carbocycles. The number of halogens is 1. The summed E-state index contributed by atoms with van der Waals surface area (Å²) in [5.74, 6) is 2.24. The Morgan fingerprint density at radius 2 is 1.50 bits per heavy atom. The van der Waals surface area contributed by atoms with Gasteiger partial charge in [0, 0.05) is 0 Å². The SMILES string of the molecule is CCCc1ccc(C2CCC(CCCCC3CCC(C=C(F)C#N)CC3)CC2)cc1. The predicted octanol–water partition coefficient (Wildman–Crippen LogP) is 8.66. The van der Waals surface area contributed by atoms with Crippen LogP contribution in [0.15, 0.2) is 36.2 Å². The molecule has 0 heterocycles. The highest BCUT2D eigenvalue weighted by Crippen LogP contribution is 2.38. The molecular formula is C28H40FN. The molecule has 0 aliphatic heterocycles. The molecular weight excluding hydrogens is 369 g/mol. The molecule has 0 aromatic heterocycles. The fourth-order valence-electron chi connectivity index (χ4n) is 5.78. The number of allylic oxidation sites excluding steroid dienone is 2. The molecule has 0 atom stereocenters. The van der Waals surface area contributed by atoms with E-state index in [0.29, 0.717) is 5.92 Å². The Hall–Kier alpha value is -1.62. The van der Waals surface area contributed by atoms with Crippen molar-refractivity contribution in [1.82, 2.24) is 0 Å². The van der Waals surface area contributed by atoms with E-state index >= 15 is 0 Å². The van der Waals surface area contributed by atoms with Crippen molar-refractivity contribution in [3.8, 4) is 6.07 Å². The fourth-order valence-corrected chi connectivity index (χ4v) is 5.78. The minimum absolute atomic E-state index is 0.291. The molecule has 30 heavy (non-hydrogen) atoms. The molecule has 3 rings (SSSR count). The van der Waals surface area contributed by atoms with Gasteiger partial charge in [-0.2, -0.15) is 9.65 Å². The Balaban J connectivity index is 1.27. The maximum absolute atomic E-state index is 13.1. The highest BCUT2D eigenvalue weighted by atomic mass is 19.1. The first-order valence-corrected chi connectivity index (χ1v) is 12.5. The van der Waals surface area contributed by atoms with Gasteiger partial charge in [-0.05, 0) is 98.7 Å². The van der Waals surface area contributed by atoms with E-state index < -0.39 is 5.83 Å². The fraction of sp³-hybridized carbons (Fsp3) is 0.679. The Bertz CT molecular complexity index is 682. The molecule has 2 fully saturated rings. The van der Waals surface area contributed by atoms with E-state index in [-0.39, 0.29) is 0 Å². The zero-order valence-electron chi connectivity index (χ0n) is 18.9. The van der Waals surface area contributed by atoms with Gasteiger partial charge in [0.15, 0.2) is 5.83 Å². The predicted molar refractivity (Wildman–Crippen MR) is 124 cm³/mol. The van der Waals surface area contributed by atoms with E-state index in [1.807, 2.05) is 0 Å². The van der Waals surface area contributed by atoms with Crippen LogP contribution in [-0.2, 0) is 6.42 Å². The summed E-state index contributed by atoms with van der Waals surface area (Å²) in [4.78, 5) is 0. The standard InChI is InChI=1S/C28H40FN/c1-2-5-22-12-16-26(17-13-22)27-18-14-24(15-19-27)7-4-3-6-23-8-10-25(11-9-23)20-28(29)21-30/h12-13,16-17,20,23-25,27H,2-11,14-15,18-19H2,1H3. The van der Waals surface area contributed by atoms with Gasteiger partial charge in [-0.3, -0.25) is 0 Å². The molecule has 1 aromatic rings. The van der Waals surface area contributed by atoms with Crippen LogP contribution in [0.5, 0.6) is 0 Å². The smallest absolute Gasteiger partial charge is 0.195 e. The lowest BCUT2D eigenvalue weighted by atomic mass is 9.76. The number of aryl methyl sites for hydroxylation is 1. The van der Waals surface area contributed by atoms with Gasteiger partial charge >= 0.3 is 0 Å². The third-order valence-electron chi connectivity index (χ3n) is 7.69. The average Bonchev–Trinajstić information content (AvgIpc) is 2.79. The first-order valence-electron chi connectivity index (χ1n) is 12.5. The number of rotatable bonds is 9. The molecule has 2 saturated carbocycles. The summed E-state index contributed by atoms with van der Waals surface area (Å²) < 4.78 is 13.1. The van der Waals surface area contributed by atoms with Crippen molar-refractivity contribution in [3.05, 3.63) is 47.3 Å². The zero-order chi connectivity index (χ0) is 21.2. The van der Waals surface area contributed by atoms with Crippen molar-refractivity contribution in [2.24, 2.45) is 17.8 Å².